The molecule has 30 heavy (non-hydrogen) atoms. The van der Waals surface area contributed by atoms with Crippen LogP contribution >= 0.6 is 11.6 Å². The molecule has 0 aliphatic carbocycles. The Bertz CT molecular complexity index is 1080. The molecule has 0 radical (unpaired) electrons. The molecule has 2 aliphatic rings. The van der Waals surface area contributed by atoms with Gasteiger partial charge in [0.15, 0.2) is 0 Å². The van der Waals surface area contributed by atoms with Crippen LogP contribution in [-0.4, -0.2) is 42.8 Å². The maximum absolute atomic E-state index is 12.9. The highest BCUT2D eigenvalue weighted by Crippen LogP contribution is 2.32. The predicted octanol–water partition coefficient (Wildman–Crippen LogP) is 3.89. The smallest absolute Gasteiger partial charge is 0.293 e. The predicted molar refractivity (Wildman–Crippen MR) is 116 cm³/mol. The van der Waals surface area contributed by atoms with Gasteiger partial charge in [-0.25, -0.2) is 0 Å². The van der Waals surface area contributed by atoms with Crippen LogP contribution in [-0.2, 0) is 9.53 Å². The number of nitrogens with zero attached hydrogens (tertiary/aromatic N) is 4. The van der Waals surface area contributed by atoms with E-state index in [0.717, 1.165) is 0 Å². The van der Waals surface area contributed by atoms with Crippen molar-refractivity contribution in [3.05, 3.63) is 68.7 Å². The van der Waals surface area contributed by atoms with Crippen molar-refractivity contribution in [3.8, 4) is 0 Å². The molecule has 0 bridgehead atoms. The van der Waals surface area contributed by atoms with Crippen molar-refractivity contribution in [1.29, 1.82) is 0 Å². The van der Waals surface area contributed by atoms with Gasteiger partial charge in [-0.3, -0.25) is 14.9 Å². The van der Waals surface area contributed by atoms with Crippen LogP contribution < -0.4 is 9.91 Å². The van der Waals surface area contributed by atoms with E-state index in [-0.39, 0.29) is 11.6 Å². The summed E-state index contributed by atoms with van der Waals surface area (Å²) >= 11 is 6.02. The Morgan fingerprint density at radius 1 is 1.20 bits per heavy atom. The molecule has 1 saturated heterocycles. The molecular formula is C21H19ClN4O4. The van der Waals surface area contributed by atoms with Crippen molar-refractivity contribution >= 4 is 46.4 Å². The van der Waals surface area contributed by atoms with Crippen molar-refractivity contribution in [2.24, 2.45) is 5.10 Å². The van der Waals surface area contributed by atoms with Gasteiger partial charge >= 0.3 is 0 Å². The molecule has 0 saturated carbocycles. The monoisotopic (exact) mass is 426 g/mol. The zero-order valence-electron chi connectivity index (χ0n) is 16.2. The SMILES string of the molecule is CC1=NN(c2cccc(Cl)c2)C(=O)/C1=C\c1ccc(N2CCOCC2)c([N+](=O)[O-])c1. The molecule has 1 amide bonds. The van der Waals surface area contributed by atoms with Gasteiger partial charge < -0.3 is 9.64 Å². The number of hydrazone groups is 1. The topological polar surface area (TPSA) is 88.3 Å². The maximum Gasteiger partial charge on any atom is 0.293 e. The Labute approximate surface area is 178 Å². The number of anilines is 2. The Balaban J connectivity index is 1.66. The molecule has 1 fully saturated rings. The molecular weight excluding hydrogens is 408 g/mol. The third kappa shape index (κ3) is 3.92. The summed E-state index contributed by atoms with van der Waals surface area (Å²) < 4.78 is 5.33. The number of benzene rings is 2. The fourth-order valence-electron chi connectivity index (χ4n) is 3.48. The lowest BCUT2D eigenvalue weighted by molar-refractivity contribution is -0.384. The van der Waals surface area contributed by atoms with E-state index in [2.05, 4.69) is 5.10 Å². The summed E-state index contributed by atoms with van der Waals surface area (Å²) in [5, 5.41) is 17.8. The van der Waals surface area contributed by atoms with E-state index in [4.69, 9.17) is 16.3 Å². The minimum Gasteiger partial charge on any atom is -0.378 e. The van der Waals surface area contributed by atoms with Gasteiger partial charge in [0, 0.05) is 24.2 Å². The number of carbonyl (C=O) groups excluding carboxylic acids is 1. The molecule has 0 aromatic heterocycles. The van der Waals surface area contributed by atoms with Gasteiger partial charge in [0.2, 0.25) is 0 Å². The summed E-state index contributed by atoms with van der Waals surface area (Å²) in [6.07, 6.45) is 1.63. The van der Waals surface area contributed by atoms with Crippen molar-refractivity contribution in [2.45, 2.75) is 6.92 Å². The molecule has 2 aromatic carbocycles. The zero-order chi connectivity index (χ0) is 21.3. The lowest BCUT2D eigenvalue weighted by Gasteiger charge is -2.28. The molecule has 0 atom stereocenters. The van der Waals surface area contributed by atoms with Crippen LogP contribution in [0.5, 0.6) is 0 Å². The second kappa shape index (κ2) is 8.25. The average molecular weight is 427 g/mol. The Morgan fingerprint density at radius 3 is 2.67 bits per heavy atom. The van der Waals surface area contributed by atoms with E-state index >= 15 is 0 Å². The van der Waals surface area contributed by atoms with Crippen molar-refractivity contribution in [1.82, 2.24) is 0 Å². The summed E-state index contributed by atoms with van der Waals surface area (Å²) in [5.41, 5.74) is 2.57. The number of hydrogen-bond donors (Lipinski definition) is 0. The van der Waals surface area contributed by atoms with Crippen LogP contribution in [0.3, 0.4) is 0 Å². The quantitative estimate of drug-likeness (QED) is 0.420. The maximum atomic E-state index is 12.9. The van der Waals surface area contributed by atoms with Crippen LogP contribution in [0.1, 0.15) is 12.5 Å². The molecule has 0 N–H and O–H groups in total. The fraction of sp³-hybridized carbons (Fsp3) is 0.238. The molecule has 9 heteroatoms. The van der Waals surface area contributed by atoms with Gasteiger partial charge in [-0.1, -0.05) is 23.7 Å². The molecule has 0 spiro atoms. The van der Waals surface area contributed by atoms with Gasteiger partial charge in [0.25, 0.3) is 11.6 Å². The van der Waals surface area contributed by atoms with E-state index in [0.29, 0.717) is 59.5 Å². The van der Waals surface area contributed by atoms with Crippen molar-refractivity contribution in [2.75, 3.05) is 36.2 Å². The Kier molecular flexibility index (Phi) is 5.52. The number of rotatable bonds is 4. The summed E-state index contributed by atoms with van der Waals surface area (Å²) in [6.45, 7) is 3.99. The van der Waals surface area contributed by atoms with Gasteiger partial charge in [-0.2, -0.15) is 10.1 Å². The minimum atomic E-state index is -0.400. The van der Waals surface area contributed by atoms with Crippen LogP contribution in [0.4, 0.5) is 17.1 Å². The van der Waals surface area contributed by atoms with Gasteiger partial charge in [-0.15, -0.1) is 0 Å². The number of ether oxygens (including phenoxy) is 1. The zero-order valence-corrected chi connectivity index (χ0v) is 17.0. The Morgan fingerprint density at radius 2 is 1.97 bits per heavy atom. The number of nitro benzene ring substituents is 1. The van der Waals surface area contributed by atoms with E-state index in [9.17, 15) is 14.9 Å². The summed E-state index contributed by atoms with van der Waals surface area (Å²) in [5.74, 6) is -0.310. The van der Waals surface area contributed by atoms with E-state index in [1.807, 2.05) is 4.90 Å². The van der Waals surface area contributed by atoms with Gasteiger partial charge in [0.05, 0.1) is 35.1 Å². The largest absolute Gasteiger partial charge is 0.378 e. The first-order chi connectivity index (χ1) is 14.4. The highest BCUT2D eigenvalue weighted by molar-refractivity contribution is 6.33. The summed E-state index contributed by atoms with van der Waals surface area (Å²) in [4.78, 5) is 26.1. The lowest BCUT2D eigenvalue weighted by Crippen LogP contribution is -2.36. The van der Waals surface area contributed by atoms with Crippen LogP contribution in [0.15, 0.2) is 53.1 Å². The third-order valence-corrected chi connectivity index (χ3v) is 5.21. The molecule has 0 unspecified atom stereocenters. The lowest BCUT2D eigenvalue weighted by atomic mass is 10.1. The standard InChI is InChI=1S/C21H19ClN4O4/c1-14-18(21(27)25(23-14)17-4-2-3-16(22)13-17)11-15-5-6-19(20(12-15)26(28)29)24-7-9-30-10-8-24/h2-6,11-13H,7-10H2,1H3/b18-11-. The normalized spacial score (nSPS) is 18.1. The fourth-order valence-corrected chi connectivity index (χ4v) is 3.67. The van der Waals surface area contributed by atoms with Crippen molar-refractivity contribution < 1.29 is 14.5 Å². The molecule has 154 valence electrons. The number of morpholine rings is 1. The van der Waals surface area contributed by atoms with Crippen LogP contribution in [0.25, 0.3) is 6.08 Å². The molecule has 2 aromatic rings. The van der Waals surface area contributed by atoms with E-state index in [1.165, 1.54) is 11.1 Å². The summed E-state index contributed by atoms with van der Waals surface area (Å²) in [7, 11) is 0. The molecule has 2 heterocycles. The first kappa shape index (κ1) is 20.1. The minimum absolute atomic E-state index is 0.00187. The number of carbonyl (C=O) groups is 1. The van der Waals surface area contributed by atoms with E-state index in [1.54, 1.807) is 49.4 Å². The number of nitro groups is 1. The third-order valence-electron chi connectivity index (χ3n) is 4.97. The van der Waals surface area contributed by atoms with E-state index < -0.39 is 4.92 Å². The van der Waals surface area contributed by atoms with Gasteiger partial charge in [0.1, 0.15) is 5.69 Å². The highest BCUT2D eigenvalue weighted by Gasteiger charge is 2.29. The highest BCUT2D eigenvalue weighted by atomic mass is 35.5. The number of hydrogen-bond acceptors (Lipinski definition) is 6. The second-order valence-electron chi connectivity index (χ2n) is 6.94. The first-order valence-corrected chi connectivity index (χ1v) is 9.80. The van der Waals surface area contributed by atoms with Crippen LogP contribution in [0, 0.1) is 10.1 Å². The number of halogens is 1. The molecule has 4 rings (SSSR count). The first-order valence-electron chi connectivity index (χ1n) is 9.42. The summed E-state index contributed by atoms with van der Waals surface area (Å²) in [6, 6.07) is 11.8. The van der Waals surface area contributed by atoms with Crippen molar-refractivity contribution in [3.63, 3.8) is 0 Å². The average Bonchev–Trinajstić information content (AvgIpc) is 3.02. The second-order valence-corrected chi connectivity index (χ2v) is 7.38. The number of amides is 1. The van der Waals surface area contributed by atoms with Crippen LogP contribution in [0.2, 0.25) is 5.02 Å². The molecule has 2 aliphatic heterocycles. The van der Waals surface area contributed by atoms with Gasteiger partial charge in [-0.05, 0) is 42.8 Å². The molecule has 8 nitrogen and oxygen atoms in total. The Hall–Kier alpha value is -3.23.